The van der Waals surface area contributed by atoms with E-state index >= 15 is 0 Å². The van der Waals surface area contributed by atoms with E-state index in [0.717, 1.165) is 12.8 Å². The Balaban J connectivity index is 1.66. The largest absolute Gasteiger partial charge is 0.361 e. The summed E-state index contributed by atoms with van der Waals surface area (Å²) in [6, 6.07) is 0. The monoisotopic (exact) mass is 323 g/mol. The summed E-state index contributed by atoms with van der Waals surface area (Å²) < 4.78 is 20.0. The lowest BCUT2D eigenvalue weighted by Gasteiger charge is -2.37. The van der Waals surface area contributed by atoms with Crippen LogP contribution >= 0.6 is 0 Å². The third-order valence-electron chi connectivity index (χ3n) is 4.87. The molecule has 3 heterocycles. The van der Waals surface area contributed by atoms with Crippen LogP contribution in [0.25, 0.3) is 0 Å². The molecule has 2 aliphatic rings. The Morgan fingerprint density at radius 2 is 1.70 bits per heavy atom. The number of hydrogen-bond acceptors (Lipinski definition) is 4. The summed E-state index contributed by atoms with van der Waals surface area (Å²) in [5, 5.41) is 3.78. The summed E-state index contributed by atoms with van der Waals surface area (Å²) >= 11 is 0. The summed E-state index contributed by atoms with van der Waals surface area (Å²) in [5.74, 6) is -0.130. The van der Waals surface area contributed by atoms with Crippen LogP contribution in [0.1, 0.15) is 47.5 Å². The van der Waals surface area contributed by atoms with Gasteiger partial charge in [-0.15, -0.1) is 0 Å². The standard InChI is InChI=1S/C16H22FN3O3/c1-11-13(12(2)23-18-11)14(21)19-9-5-16(17,6-10-19)15(22)20-7-3-4-8-20/h3-10H2,1-2H3. The number of alkyl halides is 1. The van der Waals surface area contributed by atoms with Crippen LogP contribution in [0.5, 0.6) is 0 Å². The van der Waals surface area contributed by atoms with E-state index < -0.39 is 11.6 Å². The summed E-state index contributed by atoms with van der Waals surface area (Å²) in [4.78, 5) is 28.1. The number of halogens is 1. The fourth-order valence-electron chi connectivity index (χ4n) is 3.43. The average molecular weight is 323 g/mol. The molecule has 1 aromatic heterocycles. The third kappa shape index (κ3) is 2.84. The first-order valence-corrected chi connectivity index (χ1v) is 8.13. The van der Waals surface area contributed by atoms with Crippen LogP contribution in [0.15, 0.2) is 4.52 Å². The van der Waals surface area contributed by atoms with Crippen molar-refractivity contribution in [1.82, 2.24) is 15.0 Å². The first-order chi connectivity index (χ1) is 10.9. The number of rotatable bonds is 2. The van der Waals surface area contributed by atoms with E-state index in [-0.39, 0.29) is 31.8 Å². The Hall–Kier alpha value is -1.92. The molecule has 0 saturated carbocycles. The van der Waals surface area contributed by atoms with Crippen molar-refractivity contribution >= 4 is 11.8 Å². The summed E-state index contributed by atoms with van der Waals surface area (Å²) in [5.41, 5.74) is -0.847. The Bertz CT molecular complexity index is 595. The molecular weight excluding hydrogens is 301 g/mol. The van der Waals surface area contributed by atoms with Crippen LogP contribution in [0.2, 0.25) is 0 Å². The van der Waals surface area contributed by atoms with Crippen molar-refractivity contribution in [3.8, 4) is 0 Å². The lowest BCUT2D eigenvalue weighted by Crippen LogP contribution is -2.52. The number of nitrogens with zero attached hydrogens (tertiary/aromatic N) is 3. The van der Waals surface area contributed by atoms with Gasteiger partial charge in [0.25, 0.3) is 11.8 Å². The van der Waals surface area contributed by atoms with Gasteiger partial charge < -0.3 is 14.3 Å². The van der Waals surface area contributed by atoms with Gasteiger partial charge in [-0.2, -0.15) is 0 Å². The number of aryl methyl sites for hydroxylation is 2. The molecule has 1 aromatic rings. The molecule has 0 aromatic carbocycles. The molecule has 0 bridgehead atoms. The SMILES string of the molecule is Cc1noc(C)c1C(=O)N1CCC(F)(C(=O)N2CCCC2)CC1. The molecule has 6 nitrogen and oxygen atoms in total. The predicted octanol–water partition coefficient (Wildman–Crippen LogP) is 1.86. The maximum absolute atomic E-state index is 15.0. The number of amides is 2. The maximum Gasteiger partial charge on any atom is 0.260 e. The molecule has 2 aliphatic heterocycles. The second-order valence-corrected chi connectivity index (χ2v) is 6.46. The minimum atomic E-state index is -1.83. The zero-order chi connectivity index (χ0) is 16.6. The van der Waals surface area contributed by atoms with E-state index in [4.69, 9.17) is 4.52 Å². The van der Waals surface area contributed by atoms with Gasteiger partial charge >= 0.3 is 0 Å². The molecule has 3 rings (SSSR count). The van der Waals surface area contributed by atoms with Crippen molar-refractivity contribution in [3.63, 3.8) is 0 Å². The first kappa shape index (κ1) is 16.0. The van der Waals surface area contributed by atoms with Crippen LogP contribution < -0.4 is 0 Å². The van der Waals surface area contributed by atoms with Crippen molar-refractivity contribution in [1.29, 1.82) is 0 Å². The van der Waals surface area contributed by atoms with Crippen LogP contribution in [0.4, 0.5) is 4.39 Å². The molecule has 2 fully saturated rings. The Morgan fingerprint density at radius 3 is 2.22 bits per heavy atom. The topological polar surface area (TPSA) is 66.7 Å². The van der Waals surface area contributed by atoms with Gasteiger partial charge in [-0.25, -0.2) is 4.39 Å². The molecular formula is C16H22FN3O3. The zero-order valence-corrected chi connectivity index (χ0v) is 13.6. The second kappa shape index (κ2) is 5.94. The van der Waals surface area contributed by atoms with Crippen LogP contribution in [0, 0.1) is 13.8 Å². The highest BCUT2D eigenvalue weighted by Crippen LogP contribution is 2.31. The maximum atomic E-state index is 15.0. The number of aromatic nitrogens is 1. The van der Waals surface area contributed by atoms with Gasteiger partial charge in [0.1, 0.15) is 11.3 Å². The molecule has 23 heavy (non-hydrogen) atoms. The smallest absolute Gasteiger partial charge is 0.260 e. The molecule has 0 aliphatic carbocycles. The molecule has 0 radical (unpaired) electrons. The lowest BCUT2D eigenvalue weighted by molar-refractivity contribution is -0.145. The summed E-state index contributed by atoms with van der Waals surface area (Å²) in [6.45, 7) is 5.16. The highest BCUT2D eigenvalue weighted by atomic mass is 19.1. The van der Waals surface area contributed by atoms with Crippen molar-refractivity contribution in [3.05, 3.63) is 17.0 Å². The van der Waals surface area contributed by atoms with Gasteiger partial charge in [0.2, 0.25) is 0 Å². The van der Waals surface area contributed by atoms with Gasteiger partial charge in [-0.05, 0) is 26.7 Å². The lowest BCUT2D eigenvalue weighted by atomic mass is 9.91. The zero-order valence-electron chi connectivity index (χ0n) is 13.6. The summed E-state index contributed by atoms with van der Waals surface area (Å²) in [7, 11) is 0. The number of likely N-dealkylation sites (tertiary alicyclic amines) is 2. The van der Waals surface area contributed by atoms with E-state index in [1.165, 1.54) is 0 Å². The van der Waals surface area contributed by atoms with Gasteiger partial charge in [-0.1, -0.05) is 5.16 Å². The second-order valence-electron chi connectivity index (χ2n) is 6.46. The molecule has 7 heteroatoms. The van der Waals surface area contributed by atoms with Gasteiger partial charge in [0, 0.05) is 39.0 Å². The fourth-order valence-corrected chi connectivity index (χ4v) is 3.43. The molecule has 0 N–H and O–H groups in total. The number of carbonyl (C=O) groups is 2. The molecule has 2 amide bonds. The van der Waals surface area contributed by atoms with Crippen molar-refractivity contribution in [2.75, 3.05) is 26.2 Å². The average Bonchev–Trinajstić information content (AvgIpc) is 3.17. The van der Waals surface area contributed by atoms with E-state index in [1.54, 1.807) is 23.6 Å². The van der Waals surface area contributed by atoms with E-state index in [0.29, 0.717) is 30.1 Å². The number of carbonyl (C=O) groups excluding carboxylic acids is 2. The van der Waals surface area contributed by atoms with E-state index in [9.17, 15) is 14.0 Å². The van der Waals surface area contributed by atoms with Crippen LogP contribution in [-0.4, -0.2) is 58.6 Å². The summed E-state index contributed by atoms with van der Waals surface area (Å²) in [6.07, 6.45) is 1.99. The van der Waals surface area contributed by atoms with Crippen molar-refractivity contribution in [2.45, 2.75) is 45.2 Å². The highest BCUT2D eigenvalue weighted by Gasteiger charge is 2.45. The molecule has 0 unspecified atom stereocenters. The molecule has 126 valence electrons. The minimum absolute atomic E-state index is 0.0530. The third-order valence-corrected chi connectivity index (χ3v) is 4.87. The van der Waals surface area contributed by atoms with Crippen molar-refractivity contribution in [2.24, 2.45) is 0 Å². The van der Waals surface area contributed by atoms with Crippen LogP contribution in [-0.2, 0) is 4.79 Å². The van der Waals surface area contributed by atoms with Crippen LogP contribution in [0.3, 0.4) is 0 Å². The minimum Gasteiger partial charge on any atom is -0.361 e. The Morgan fingerprint density at radius 1 is 1.09 bits per heavy atom. The molecule has 0 spiro atoms. The Labute approximate surface area is 134 Å². The van der Waals surface area contributed by atoms with Crippen molar-refractivity contribution < 1.29 is 18.5 Å². The Kier molecular flexibility index (Phi) is 4.12. The fraction of sp³-hybridized carbons (Fsp3) is 0.688. The van der Waals surface area contributed by atoms with E-state index in [1.807, 2.05) is 0 Å². The normalized spacial score (nSPS) is 20.8. The quantitative estimate of drug-likeness (QED) is 0.833. The molecule has 2 saturated heterocycles. The first-order valence-electron chi connectivity index (χ1n) is 8.13. The van der Waals surface area contributed by atoms with Gasteiger partial charge in [0.05, 0.1) is 5.69 Å². The molecule has 0 atom stereocenters. The highest BCUT2D eigenvalue weighted by molar-refractivity contribution is 5.96. The van der Waals surface area contributed by atoms with Gasteiger partial charge in [0.15, 0.2) is 5.67 Å². The number of hydrogen-bond donors (Lipinski definition) is 0. The van der Waals surface area contributed by atoms with E-state index in [2.05, 4.69) is 5.16 Å². The predicted molar refractivity (Wildman–Crippen MR) is 80.8 cm³/mol. The number of piperidine rings is 1. The van der Waals surface area contributed by atoms with Gasteiger partial charge in [-0.3, -0.25) is 9.59 Å².